The van der Waals surface area contributed by atoms with Crippen LogP contribution in [0.25, 0.3) is 11.5 Å². The van der Waals surface area contributed by atoms with Gasteiger partial charge in [-0.3, -0.25) is 4.99 Å². The summed E-state index contributed by atoms with van der Waals surface area (Å²) in [5.41, 5.74) is 2.87. The first-order chi connectivity index (χ1) is 15.7. The Bertz CT molecular complexity index is 1030. The van der Waals surface area contributed by atoms with E-state index < -0.39 is 0 Å². The molecule has 1 saturated heterocycles. The fourth-order valence-electron chi connectivity index (χ4n) is 3.75. The number of hydrogen-bond donors (Lipinski definition) is 2. The maximum atomic E-state index is 5.61. The Morgan fingerprint density at radius 3 is 2.59 bits per heavy atom. The molecule has 8 nitrogen and oxygen atoms in total. The van der Waals surface area contributed by atoms with Crippen LogP contribution in [0.15, 0.2) is 64.2 Å². The Balaban J connectivity index is 1.32. The highest BCUT2D eigenvalue weighted by molar-refractivity contribution is 5.80. The smallest absolute Gasteiger partial charge is 0.226 e. The third-order valence-corrected chi connectivity index (χ3v) is 5.46. The van der Waals surface area contributed by atoms with Crippen molar-refractivity contribution in [2.45, 2.75) is 19.0 Å². The molecule has 3 aromatic rings. The quantitative estimate of drug-likeness (QED) is 0.435. The van der Waals surface area contributed by atoms with Crippen molar-refractivity contribution in [3.8, 4) is 23.0 Å². The molecule has 0 bridgehead atoms. The molecule has 8 heteroatoms. The predicted molar refractivity (Wildman–Crippen MR) is 125 cm³/mol. The van der Waals surface area contributed by atoms with Gasteiger partial charge in [0.05, 0.1) is 26.5 Å². The molecule has 2 heterocycles. The molecule has 4 rings (SSSR count). The van der Waals surface area contributed by atoms with E-state index in [1.807, 2.05) is 48.5 Å². The molecule has 0 aliphatic carbocycles. The van der Waals surface area contributed by atoms with Crippen LogP contribution < -0.4 is 25.0 Å². The second-order valence-electron chi connectivity index (χ2n) is 7.58. The number of nitrogens with one attached hydrogen (secondary N) is 2. The number of rotatable bonds is 7. The largest absolute Gasteiger partial charge is 0.497 e. The van der Waals surface area contributed by atoms with Crippen molar-refractivity contribution in [2.24, 2.45) is 4.99 Å². The Morgan fingerprint density at radius 2 is 1.91 bits per heavy atom. The molecule has 2 N–H and O–H groups in total. The number of ether oxygens (including phenoxy) is 2. The summed E-state index contributed by atoms with van der Waals surface area (Å²) in [6.07, 6.45) is 2.68. The molecule has 0 radical (unpaired) electrons. The maximum absolute atomic E-state index is 5.61. The summed E-state index contributed by atoms with van der Waals surface area (Å²) in [5.74, 6) is 2.93. The molecule has 0 amide bonds. The van der Waals surface area contributed by atoms with Crippen LogP contribution in [0.2, 0.25) is 0 Å². The summed E-state index contributed by atoms with van der Waals surface area (Å²) in [7, 11) is 5.10. The molecule has 1 aromatic heterocycles. The van der Waals surface area contributed by atoms with Gasteiger partial charge < -0.3 is 29.4 Å². The van der Waals surface area contributed by atoms with E-state index in [9.17, 15) is 0 Å². The van der Waals surface area contributed by atoms with Crippen molar-refractivity contribution in [1.82, 2.24) is 15.6 Å². The zero-order valence-electron chi connectivity index (χ0n) is 18.7. The number of aliphatic imine (C=N–C) groups is 1. The second-order valence-corrected chi connectivity index (χ2v) is 7.58. The van der Waals surface area contributed by atoms with Gasteiger partial charge in [0.2, 0.25) is 5.89 Å². The molecule has 0 saturated carbocycles. The van der Waals surface area contributed by atoms with Crippen molar-refractivity contribution in [2.75, 3.05) is 39.3 Å². The number of hydrogen-bond acceptors (Lipinski definition) is 6. The van der Waals surface area contributed by atoms with Gasteiger partial charge in [-0.15, -0.1) is 0 Å². The van der Waals surface area contributed by atoms with Gasteiger partial charge in [0.15, 0.2) is 5.96 Å². The van der Waals surface area contributed by atoms with Gasteiger partial charge in [0.1, 0.15) is 17.8 Å². The second kappa shape index (κ2) is 10.1. The minimum atomic E-state index is 0.274. The maximum Gasteiger partial charge on any atom is 0.226 e. The van der Waals surface area contributed by atoms with E-state index in [2.05, 4.69) is 25.5 Å². The van der Waals surface area contributed by atoms with Gasteiger partial charge in [-0.2, -0.15) is 0 Å². The standard InChI is InChI=1S/C24H29N5O3/c1-25-24(26-14-19-16-32-23(27-19)17-7-5-4-6-8-17)28-18-9-10-29(15-18)20-11-21(30-2)13-22(12-20)31-3/h4-8,11-13,16,18H,9-10,14-15H2,1-3H3,(H2,25,26,28). The third kappa shape index (κ3) is 5.14. The van der Waals surface area contributed by atoms with E-state index in [1.54, 1.807) is 27.5 Å². The zero-order chi connectivity index (χ0) is 22.3. The fourth-order valence-corrected chi connectivity index (χ4v) is 3.75. The highest BCUT2D eigenvalue weighted by atomic mass is 16.5. The summed E-state index contributed by atoms with van der Waals surface area (Å²) in [6, 6.07) is 16.1. The van der Waals surface area contributed by atoms with Crippen molar-refractivity contribution >= 4 is 11.6 Å². The van der Waals surface area contributed by atoms with Crippen molar-refractivity contribution in [3.05, 3.63) is 60.5 Å². The SMILES string of the molecule is CN=C(NCc1coc(-c2ccccc2)n1)NC1CCN(c2cc(OC)cc(OC)c2)C1. The number of anilines is 1. The number of nitrogens with zero attached hydrogens (tertiary/aromatic N) is 3. The number of aromatic nitrogens is 1. The van der Waals surface area contributed by atoms with Crippen LogP contribution in [0.1, 0.15) is 12.1 Å². The van der Waals surface area contributed by atoms with E-state index in [0.29, 0.717) is 12.4 Å². The summed E-state index contributed by atoms with van der Waals surface area (Å²) in [4.78, 5) is 11.2. The molecule has 1 atom stereocenters. The van der Waals surface area contributed by atoms with Gasteiger partial charge in [0.25, 0.3) is 0 Å². The Kier molecular flexibility index (Phi) is 6.79. The molecule has 32 heavy (non-hydrogen) atoms. The van der Waals surface area contributed by atoms with E-state index in [0.717, 1.165) is 53.9 Å². The molecular weight excluding hydrogens is 406 g/mol. The van der Waals surface area contributed by atoms with Crippen molar-refractivity contribution < 1.29 is 13.9 Å². The van der Waals surface area contributed by atoms with E-state index in [4.69, 9.17) is 13.9 Å². The topological polar surface area (TPSA) is 84.2 Å². The van der Waals surface area contributed by atoms with E-state index in [-0.39, 0.29) is 6.04 Å². The van der Waals surface area contributed by atoms with Gasteiger partial charge in [-0.25, -0.2) is 4.98 Å². The third-order valence-electron chi connectivity index (χ3n) is 5.46. The van der Waals surface area contributed by atoms with Crippen LogP contribution in [0.3, 0.4) is 0 Å². The highest BCUT2D eigenvalue weighted by Gasteiger charge is 2.24. The fraction of sp³-hybridized carbons (Fsp3) is 0.333. The summed E-state index contributed by atoms with van der Waals surface area (Å²) in [5, 5.41) is 6.83. The average molecular weight is 436 g/mol. The summed E-state index contributed by atoms with van der Waals surface area (Å²) < 4.78 is 16.4. The first-order valence-corrected chi connectivity index (χ1v) is 10.6. The highest BCUT2D eigenvalue weighted by Crippen LogP contribution is 2.30. The van der Waals surface area contributed by atoms with Crippen LogP contribution in [0, 0.1) is 0 Å². The molecule has 1 aliphatic heterocycles. The Morgan fingerprint density at radius 1 is 1.16 bits per heavy atom. The lowest BCUT2D eigenvalue weighted by atomic mass is 10.2. The molecule has 1 aliphatic rings. The first-order valence-electron chi connectivity index (χ1n) is 10.6. The molecule has 1 unspecified atom stereocenters. The zero-order valence-corrected chi connectivity index (χ0v) is 18.7. The minimum Gasteiger partial charge on any atom is -0.497 e. The normalized spacial score (nSPS) is 16.2. The van der Waals surface area contributed by atoms with E-state index in [1.165, 1.54) is 0 Å². The van der Waals surface area contributed by atoms with Crippen molar-refractivity contribution in [3.63, 3.8) is 0 Å². The van der Waals surface area contributed by atoms with Crippen LogP contribution in [0.5, 0.6) is 11.5 Å². The lowest BCUT2D eigenvalue weighted by Crippen LogP contribution is -2.44. The summed E-state index contributed by atoms with van der Waals surface area (Å²) >= 11 is 0. The lowest BCUT2D eigenvalue weighted by Gasteiger charge is -2.21. The number of methoxy groups -OCH3 is 2. The Hall–Kier alpha value is -3.68. The molecule has 2 aromatic carbocycles. The Labute approximate surface area is 188 Å². The summed E-state index contributed by atoms with van der Waals surface area (Å²) in [6.45, 7) is 2.33. The average Bonchev–Trinajstić information content (AvgIpc) is 3.52. The van der Waals surface area contributed by atoms with Crippen LogP contribution in [-0.2, 0) is 6.54 Å². The van der Waals surface area contributed by atoms with Gasteiger partial charge in [-0.05, 0) is 18.6 Å². The van der Waals surface area contributed by atoms with E-state index >= 15 is 0 Å². The van der Waals surface area contributed by atoms with Crippen LogP contribution in [-0.4, -0.2) is 51.3 Å². The van der Waals surface area contributed by atoms with Gasteiger partial charge >= 0.3 is 0 Å². The number of benzene rings is 2. The van der Waals surface area contributed by atoms with Gasteiger partial charge in [-0.1, -0.05) is 18.2 Å². The van der Waals surface area contributed by atoms with Crippen LogP contribution in [0.4, 0.5) is 5.69 Å². The number of oxazole rings is 1. The van der Waals surface area contributed by atoms with Crippen molar-refractivity contribution in [1.29, 1.82) is 0 Å². The molecular formula is C24H29N5O3. The predicted octanol–water partition coefficient (Wildman–Crippen LogP) is 3.30. The van der Waals surface area contributed by atoms with Gasteiger partial charge in [0, 0.05) is 55.6 Å². The van der Waals surface area contributed by atoms with Crippen LogP contribution >= 0.6 is 0 Å². The lowest BCUT2D eigenvalue weighted by molar-refractivity contribution is 0.394. The minimum absolute atomic E-state index is 0.274. The molecule has 0 spiro atoms. The monoisotopic (exact) mass is 435 g/mol. The first kappa shape index (κ1) is 21.5. The molecule has 1 fully saturated rings. The number of guanidine groups is 1. The molecule has 168 valence electrons.